The second kappa shape index (κ2) is 9.21. The van der Waals surface area contributed by atoms with E-state index in [1.54, 1.807) is 12.4 Å². The zero-order valence-corrected chi connectivity index (χ0v) is 20.1. The molecule has 0 spiro atoms. The molecule has 3 heterocycles. The van der Waals surface area contributed by atoms with E-state index in [-0.39, 0.29) is 6.03 Å². The average molecular weight is 484 g/mol. The summed E-state index contributed by atoms with van der Waals surface area (Å²) in [5.41, 5.74) is 6.06. The summed E-state index contributed by atoms with van der Waals surface area (Å²) < 4.78 is 0. The fourth-order valence-corrected chi connectivity index (χ4v) is 5.43. The number of piperazine rings is 1. The normalized spacial score (nSPS) is 15.3. The highest BCUT2D eigenvalue weighted by molar-refractivity contribution is 6.33. The molecule has 0 unspecified atom stereocenters. The minimum absolute atomic E-state index is 0.126. The van der Waals surface area contributed by atoms with Crippen LogP contribution in [0.5, 0.6) is 0 Å². The molecule has 2 N–H and O–H groups in total. The predicted octanol–water partition coefficient (Wildman–Crippen LogP) is 5.56. The zero-order chi connectivity index (χ0) is 23.8. The number of anilines is 3. The lowest BCUT2D eigenvalue weighted by Gasteiger charge is -2.31. The number of carbonyl (C=O) groups excluding carboxylic acids is 1. The first-order chi connectivity index (χ1) is 17.2. The van der Waals surface area contributed by atoms with Gasteiger partial charge in [0, 0.05) is 50.5 Å². The maximum absolute atomic E-state index is 13.5. The molecule has 1 aromatic heterocycles. The fraction of sp³-hybridized carbons (Fsp3) is 0.214. The van der Waals surface area contributed by atoms with E-state index in [0.717, 1.165) is 82.1 Å². The van der Waals surface area contributed by atoms with Gasteiger partial charge in [0.05, 0.1) is 22.1 Å². The number of amides is 2. The number of halogens is 1. The molecule has 2 aliphatic heterocycles. The van der Waals surface area contributed by atoms with Gasteiger partial charge in [0.2, 0.25) is 0 Å². The van der Waals surface area contributed by atoms with Gasteiger partial charge in [-0.05, 0) is 58.8 Å². The third-order valence-corrected chi connectivity index (χ3v) is 7.21. The van der Waals surface area contributed by atoms with Crippen molar-refractivity contribution in [2.45, 2.75) is 6.42 Å². The van der Waals surface area contributed by atoms with Crippen LogP contribution in [-0.2, 0) is 6.42 Å². The van der Waals surface area contributed by atoms with Crippen LogP contribution in [0, 0.1) is 0 Å². The molecule has 2 aliphatic rings. The number of hydrogen-bond donors (Lipinski definition) is 2. The Morgan fingerprint density at radius 2 is 1.69 bits per heavy atom. The minimum atomic E-state index is -0.126. The lowest BCUT2D eigenvalue weighted by atomic mass is 9.98. The average Bonchev–Trinajstić information content (AvgIpc) is 3.32. The summed E-state index contributed by atoms with van der Waals surface area (Å²) in [6, 6.07) is 20.2. The molecular formula is C28H26ClN5O. The molecule has 1 fully saturated rings. The molecule has 0 aliphatic carbocycles. The molecule has 6 nitrogen and oxygen atoms in total. The van der Waals surface area contributed by atoms with E-state index in [9.17, 15) is 4.79 Å². The SMILES string of the molecule is O=C(Nc1ccc(-c2ccncc2)c2ccccc12)N1CCc2cc(Cl)c(N3CCNCC3)cc21. The number of fused-ring (bicyclic) bond motifs is 2. The molecule has 4 aromatic rings. The summed E-state index contributed by atoms with van der Waals surface area (Å²) in [5.74, 6) is 0. The second-order valence-electron chi connectivity index (χ2n) is 8.94. The van der Waals surface area contributed by atoms with Gasteiger partial charge in [0.15, 0.2) is 0 Å². The number of nitrogens with zero attached hydrogens (tertiary/aromatic N) is 3. The standard InChI is InChI=1S/C28H26ClN5O/c29-24-17-20-9-14-34(26(20)18-27(24)33-15-12-31-13-16-33)28(35)32-25-6-5-21(19-7-10-30-11-8-19)22-3-1-2-4-23(22)25/h1-8,10-11,17-18,31H,9,12-16H2,(H,32,35). The molecule has 3 aromatic carbocycles. The van der Waals surface area contributed by atoms with Crippen molar-refractivity contribution in [3.8, 4) is 11.1 Å². The van der Waals surface area contributed by atoms with E-state index in [0.29, 0.717) is 6.54 Å². The third-order valence-electron chi connectivity index (χ3n) is 6.90. The van der Waals surface area contributed by atoms with Gasteiger partial charge in [-0.1, -0.05) is 41.9 Å². The molecule has 2 amide bonds. The maximum Gasteiger partial charge on any atom is 0.326 e. The van der Waals surface area contributed by atoms with Crippen molar-refractivity contribution in [3.63, 3.8) is 0 Å². The number of aromatic nitrogens is 1. The van der Waals surface area contributed by atoms with Crippen molar-refractivity contribution in [2.24, 2.45) is 0 Å². The molecule has 1 saturated heterocycles. The van der Waals surface area contributed by atoms with Crippen molar-refractivity contribution >= 4 is 45.5 Å². The Balaban J connectivity index is 1.31. The summed E-state index contributed by atoms with van der Waals surface area (Å²) in [4.78, 5) is 21.8. The van der Waals surface area contributed by atoms with Crippen LogP contribution in [0.2, 0.25) is 5.02 Å². The van der Waals surface area contributed by atoms with Crippen molar-refractivity contribution in [2.75, 3.05) is 47.8 Å². The Morgan fingerprint density at radius 3 is 2.49 bits per heavy atom. The van der Waals surface area contributed by atoms with Crippen LogP contribution >= 0.6 is 11.6 Å². The monoisotopic (exact) mass is 483 g/mol. The molecule has 7 heteroatoms. The first kappa shape index (κ1) is 21.9. The van der Waals surface area contributed by atoms with Crippen LogP contribution in [-0.4, -0.2) is 43.7 Å². The van der Waals surface area contributed by atoms with Crippen molar-refractivity contribution in [3.05, 3.63) is 83.6 Å². The molecule has 0 saturated carbocycles. The summed E-state index contributed by atoms with van der Waals surface area (Å²) in [7, 11) is 0. The summed E-state index contributed by atoms with van der Waals surface area (Å²) in [6.07, 6.45) is 4.39. The van der Waals surface area contributed by atoms with Crippen molar-refractivity contribution < 1.29 is 4.79 Å². The van der Waals surface area contributed by atoms with E-state index in [2.05, 4.69) is 44.8 Å². The Morgan fingerprint density at radius 1 is 0.914 bits per heavy atom. The van der Waals surface area contributed by atoms with Crippen LogP contribution in [0.25, 0.3) is 21.9 Å². The molecule has 35 heavy (non-hydrogen) atoms. The van der Waals surface area contributed by atoms with E-state index < -0.39 is 0 Å². The minimum Gasteiger partial charge on any atom is -0.368 e. The maximum atomic E-state index is 13.5. The number of carbonyl (C=O) groups is 1. The van der Waals surface area contributed by atoms with E-state index in [4.69, 9.17) is 11.6 Å². The van der Waals surface area contributed by atoms with Gasteiger partial charge in [-0.2, -0.15) is 0 Å². The molecule has 0 radical (unpaired) electrons. The Kier molecular flexibility index (Phi) is 5.76. The Labute approximate surface area is 209 Å². The highest BCUT2D eigenvalue weighted by atomic mass is 35.5. The number of rotatable bonds is 3. The van der Waals surface area contributed by atoms with Gasteiger partial charge in [0.25, 0.3) is 0 Å². The van der Waals surface area contributed by atoms with E-state index in [1.165, 1.54) is 0 Å². The molecule has 0 atom stereocenters. The van der Waals surface area contributed by atoms with Gasteiger partial charge < -0.3 is 15.5 Å². The first-order valence-electron chi connectivity index (χ1n) is 12.0. The van der Waals surface area contributed by atoms with Crippen molar-refractivity contribution in [1.29, 1.82) is 0 Å². The summed E-state index contributed by atoms with van der Waals surface area (Å²) >= 11 is 6.64. The Bertz CT molecular complexity index is 1400. The fourth-order valence-electron chi connectivity index (χ4n) is 5.13. The van der Waals surface area contributed by atoms with Crippen LogP contribution in [0.3, 0.4) is 0 Å². The zero-order valence-electron chi connectivity index (χ0n) is 19.3. The van der Waals surface area contributed by atoms with Gasteiger partial charge in [-0.25, -0.2) is 4.79 Å². The van der Waals surface area contributed by atoms with Crippen LogP contribution < -0.4 is 20.4 Å². The van der Waals surface area contributed by atoms with Gasteiger partial charge in [0.1, 0.15) is 0 Å². The van der Waals surface area contributed by atoms with Gasteiger partial charge in [-0.15, -0.1) is 0 Å². The highest BCUT2D eigenvalue weighted by Crippen LogP contribution is 2.39. The highest BCUT2D eigenvalue weighted by Gasteiger charge is 2.28. The smallest absolute Gasteiger partial charge is 0.326 e. The molecule has 176 valence electrons. The topological polar surface area (TPSA) is 60.5 Å². The third kappa shape index (κ3) is 4.09. The lowest BCUT2D eigenvalue weighted by Crippen LogP contribution is -2.43. The number of urea groups is 1. The number of nitrogens with one attached hydrogen (secondary N) is 2. The second-order valence-corrected chi connectivity index (χ2v) is 9.35. The van der Waals surface area contributed by atoms with Gasteiger partial charge >= 0.3 is 6.03 Å². The molecular weight excluding hydrogens is 458 g/mol. The summed E-state index contributed by atoms with van der Waals surface area (Å²) in [5, 5.41) is 9.41. The largest absolute Gasteiger partial charge is 0.368 e. The van der Waals surface area contributed by atoms with E-state index >= 15 is 0 Å². The first-order valence-corrected chi connectivity index (χ1v) is 12.4. The van der Waals surface area contributed by atoms with Crippen LogP contribution in [0.4, 0.5) is 21.9 Å². The van der Waals surface area contributed by atoms with Crippen LogP contribution in [0.15, 0.2) is 73.1 Å². The van der Waals surface area contributed by atoms with Crippen molar-refractivity contribution in [1.82, 2.24) is 10.3 Å². The number of pyridine rings is 1. The quantitative estimate of drug-likeness (QED) is 0.400. The van der Waals surface area contributed by atoms with Gasteiger partial charge in [-0.3, -0.25) is 9.88 Å². The predicted molar refractivity (Wildman–Crippen MR) is 144 cm³/mol. The molecule has 0 bridgehead atoms. The lowest BCUT2D eigenvalue weighted by molar-refractivity contribution is 0.257. The van der Waals surface area contributed by atoms with Crippen LogP contribution in [0.1, 0.15) is 5.56 Å². The molecule has 6 rings (SSSR count). The number of hydrogen-bond acceptors (Lipinski definition) is 4. The number of benzene rings is 3. The van der Waals surface area contributed by atoms with E-state index in [1.807, 2.05) is 41.3 Å². The summed E-state index contributed by atoms with van der Waals surface area (Å²) in [6.45, 7) is 4.30. The Hall–Kier alpha value is -3.61.